The molecule has 0 aliphatic carbocycles. The van der Waals surface area contributed by atoms with Crippen molar-refractivity contribution in [2.24, 2.45) is 0 Å². The van der Waals surface area contributed by atoms with E-state index in [9.17, 15) is 0 Å². The molecule has 1 N–H and O–H groups in total. The molecule has 1 aromatic carbocycles. The third-order valence-corrected chi connectivity index (χ3v) is 3.33. The molecule has 3 nitrogen and oxygen atoms in total. The minimum absolute atomic E-state index is 0.505. The molecule has 0 saturated carbocycles. The predicted molar refractivity (Wildman–Crippen MR) is 79.0 cm³/mol. The summed E-state index contributed by atoms with van der Waals surface area (Å²) in [7, 11) is 1.68. The Hall–Kier alpha value is -1.74. The van der Waals surface area contributed by atoms with E-state index in [1.54, 1.807) is 13.3 Å². The molecule has 100 valence electrons. The van der Waals surface area contributed by atoms with Crippen molar-refractivity contribution in [3.05, 3.63) is 52.3 Å². The Balaban J connectivity index is 2.13. The Morgan fingerprint density at radius 2 is 2.00 bits per heavy atom. The third kappa shape index (κ3) is 3.18. The van der Waals surface area contributed by atoms with Gasteiger partial charge in [0.2, 0.25) is 0 Å². The average Bonchev–Trinajstić information content (AvgIpc) is 2.38. The highest BCUT2D eigenvalue weighted by atomic mass is 35.5. The Kier molecular flexibility index (Phi) is 4.27. The summed E-state index contributed by atoms with van der Waals surface area (Å²) in [5, 5.41) is 3.83. The van der Waals surface area contributed by atoms with Gasteiger partial charge in [0, 0.05) is 12.7 Å². The first-order valence-electron chi connectivity index (χ1n) is 6.10. The average molecular weight is 277 g/mol. The van der Waals surface area contributed by atoms with Gasteiger partial charge in [0.05, 0.1) is 12.8 Å². The summed E-state index contributed by atoms with van der Waals surface area (Å²) in [5.74, 6) is 0.902. The van der Waals surface area contributed by atoms with E-state index in [-0.39, 0.29) is 0 Å². The van der Waals surface area contributed by atoms with E-state index in [0.29, 0.717) is 11.7 Å². The highest BCUT2D eigenvalue weighted by Crippen LogP contribution is 2.24. The smallest absolute Gasteiger partial charge is 0.152 e. The molecular weight excluding hydrogens is 260 g/mol. The van der Waals surface area contributed by atoms with Crippen molar-refractivity contribution >= 4 is 17.3 Å². The summed E-state index contributed by atoms with van der Waals surface area (Å²) in [6, 6.07) is 8.06. The fourth-order valence-corrected chi connectivity index (χ4v) is 2.25. The van der Waals surface area contributed by atoms with E-state index in [4.69, 9.17) is 16.3 Å². The number of methoxy groups -OCH3 is 1. The van der Waals surface area contributed by atoms with Crippen LogP contribution in [0.4, 0.5) is 5.69 Å². The zero-order valence-corrected chi connectivity index (χ0v) is 12.1. The summed E-state index contributed by atoms with van der Waals surface area (Å²) in [6.45, 7) is 4.75. The number of anilines is 1. The van der Waals surface area contributed by atoms with Crippen LogP contribution >= 0.6 is 11.6 Å². The highest BCUT2D eigenvalue weighted by Gasteiger charge is 2.05. The second-order valence-corrected chi connectivity index (χ2v) is 4.81. The molecule has 0 atom stereocenters. The maximum atomic E-state index is 6.08. The fourth-order valence-electron chi connectivity index (χ4n) is 1.98. The summed E-state index contributed by atoms with van der Waals surface area (Å²) in [6.07, 6.45) is 1.71. The van der Waals surface area contributed by atoms with Crippen LogP contribution in [0.15, 0.2) is 30.5 Å². The molecule has 0 aliphatic rings. The lowest BCUT2D eigenvalue weighted by molar-refractivity contribution is 0.411. The number of ether oxygens (including phenoxy) is 1. The van der Waals surface area contributed by atoms with Gasteiger partial charge in [-0.05, 0) is 42.7 Å². The van der Waals surface area contributed by atoms with Crippen molar-refractivity contribution in [2.75, 3.05) is 12.4 Å². The molecule has 2 rings (SSSR count). The molecule has 4 heteroatoms. The molecule has 0 saturated heterocycles. The molecule has 1 aromatic heterocycles. The topological polar surface area (TPSA) is 34.1 Å². The number of aromatic nitrogens is 1. The largest absolute Gasteiger partial charge is 0.496 e. The molecule has 0 unspecified atom stereocenters. The first-order chi connectivity index (χ1) is 9.11. The Morgan fingerprint density at radius 1 is 1.21 bits per heavy atom. The molecule has 0 aliphatic heterocycles. The van der Waals surface area contributed by atoms with Gasteiger partial charge in [-0.25, -0.2) is 4.98 Å². The highest BCUT2D eigenvalue weighted by molar-refractivity contribution is 6.32. The summed E-state index contributed by atoms with van der Waals surface area (Å²) in [4.78, 5) is 4.08. The Morgan fingerprint density at radius 3 is 2.63 bits per heavy atom. The first-order valence-corrected chi connectivity index (χ1v) is 6.48. The van der Waals surface area contributed by atoms with Gasteiger partial charge in [-0.3, -0.25) is 0 Å². The number of nitrogens with zero attached hydrogens (tertiary/aromatic N) is 1. The lowest BCUT2D eigenvalue weighted by Crippen LogP contribution is -2.03. The number of pyridine rings is 1. The zero-order valence-electron chi connectivity index (χ0n) is 11.3. The van der Waals surface area contributed by atoms with Gasteiger partial charge in [-0.2, -0.15) is 0 Å². The number of halogens is 1. The first kappa shape index (κ1) is 13.7. The normalized spacial score (nSPS) is 10.3. The number of nitrogens with one attached hydrogen (secondary N) is 1. The fraction of sp³-hybridized carbons (Fsp3) is 0.267. The summed E-state index contributed by atoms with van der Waals surface area (Å²) in [5.41, 5.74) is 4.27. The van der Waals surface area contributed by atoms with Crippen LogP contribution in [0.5, 0.6) is 5.75 Å². The lowest BCUT2D eigenvalue weighted by Gasteiger charge is -2.12. The quantitative estimate of drug-likeness (QED) is 0.858. The molecule has 0 radical (unpaired) electrons. The van der Waals surface area contributed by atoms with Crippen LogP contribution in [0.3, 0.4) is 0 Å². The van der Waals surface area contributed by atoms with E-state index in [1.807, 2.05) is 32.0 Å². The van der Waals surface area contributed by atoms with Crippen LogP contribution in [0.2, 0.25) is 5.15 Å². The van der Waals surface area contributed by atoms with Gasteiger partial charge in [-0.15, -0.1) is 0 Å². The van der Waals surface area contributed by atoms with Crippen LogP contribution in [0, 0.1) is 13.8 Å². The zero-order chi connectivity index (χ0) is 13.8. The van der Waals surface area contributed by atoms with Crippen LogP contribution in [0.25, 0.3) is 0 Å². The van der Waals surface area contributed by atoms with Gasteiger partial charge in [0.25, 0.3) is 0 Å². The summed E-state index contributed by atoms with van der Waals surface area (Å²) < 4.78 is 5.25. The number of hydrogen-bond acceptors (Lipinski definition) is 3. The van der Waals surface area contributed by atoms with Crippen molar-refractivity contribution in [1.29, 1.82) is 0 Å². The molecule has 0 amide bonds. The molecule has 2 aromatic rings. The van der Waals surface area contributed by atoms with E-state index >= 15 is 0 Å². The van der Waals surface area contributed by atoms with E-state index in [2.05, 4.69) is 16.4 Å². The van der Waals surface area contributed by atoms with E-state index in [1.165, 1.54) is 5.56 Å². The molecular formula is C15H17ClN2O. The standard InChI is InChI=1S/C15H17ClN2O/c1-10-6-7-17-15(16)14(10)18-9-12-4-5-13(19-3)11(2)8-12/h4-8,18H,9H2,1-3H3. The van der Waals surface area contributed by atoms with Crippen molar-refractivity contribution in [2.45, 2.75) is 20.4 Å². The molecule has 0 spiro atoms. The second kappa shape index (κ2) is 5.93. The number of benzene rings is 1. The van der Waals surface area contributed by atoms with Crippen molar-refractivity contribution in [1.82, 2.24) is 4.98 Å². The van der Waals surface area contributed by atoms with Crippen LogP contribution in [-0.2, 0) is 6.54 Å². The van der Waals surface area contributed by atoms with E-state index < -0.39 is 0 Å². The van der Waals surface area contributed by atoms with Gasteiger partial charge in [-0.1, -0.05) is 23.7 Å². The van der Waals surface area contributed by atoms with E-state index in [0.717, 1.165) is 22.6 Å². The Bertz CT molecular complexity index is 564. The van der Waals surface area contributed by atoms with Crippen LogP contribution < -0.4 is 10.1 Å². The predicted octanol–water partition coefficient (Wildman–Crippen LogP) is 3.97. The van der Waals surface area contributed by atoms with Gasteiger partial charge in [0.1, 0.15) is 5.75 Å². The van der Waals surface area contributed by atoms with Crippen molar-refractivity contribution in [3.63, 3.8) is 0 Å². The molecule has 1 heterocycles. The number of rotatable bonds is 4. The van der Waals surface area contributed by atoms with Gasteiger partial charge in [0.15, 0.2) is 5.15 Å². The minimum Gasteiger partial charge on any atom is -0.496 e. The summed E-state index contributed by atoms with van der Waals surface area (Å²) >= 11 is 6.08. The van der Waals surface area contributed by atoms with Crippen molar-refractivity contribution in [3.8, 4) is 5.75 Å². The minimum atomic E-state index is 0.505. The van der Waals surface area contributed by atoms with Gasteiger partial charge >= 0.3 is 0 Å². The number of aryl methyl sites for hydroxylation is 2. The van der Waals surface area contributed by atoms with Gasteiger partial charge < -0.3 is 10.1 Å². The van der Waals surface area contributed by atoms with Crippen LogP contribution in [0.1, 0.15) is 16.7 Å². The second-order valence-electron chi connectivity index (χ2n) is 4.45. The lowest BCUT2D eigenvalue weighted by atomic mass is 10.1. The maximum Gasteiger partial charge on any atom is 0.152 e. The molecule has 0 fully saturated rings. The third-order valence-electron chi connectivity index (χ3n) is 3.04. The molecule has 0 bridgehead atoms. The monoisotopic (exact) mass is 276 g/mol. The number of hydrogen-bond donors (Lipinski definition) is 1. The Labute approximate surface area is 118 Å². The molecule has 19 heavy (non-hydrogen) atoms. The van der Waals surface area contributed by atoms with Crippen molar-refractivity contribution < 1.29 is 4.74 Å². The SMILES string of the molecule is COc1ccc(CNc2c(C)ccnc2Cl)cc1C. The maximum absolute atomic E-state index is 6.08. The van der Waals surface area contributed by atoms with Crippen LogP contribution in [-0.4, -0.2) is 12.1 Å².